The van der Waals surface area contributed by atoms with Gasteiger partial charge in [-0.1, -0.05) is 24.3 Å². The molecule has 26 heavy (non-hydrogen) atoms. The van der Waals surface area contributed by atoms with Crippen molar-refractivity contribution in [1.82, 2.24) is 5.32 Å². The van der Waals surface area contributed by atoms with E-state index in [-0.39, 0.29) is 11.6 Å². The van der Waals surface area contributed by atoms with Crippen molar-refractivity contribution in [3.63, 3.8) is 0 Å². The number of ketones is 2. The third kappa shape index (κ3) is 3.34. The summed E-state index contributed by atoms with van der Waals surface area (Å²) in [7, 11) is 3.49. The van der Waals surface area contributed by atoms with Gasteiger partial charge in [0.25, 0.3) is 0 Å². The first-order valence-electron chi connectivity index (χ1n) is 8.65. The Bertz CT molecular complexity index is 764. The lowest BCUT2D eigenvalue weighted by atomic mass is 9.82. The van der Waals surface area contributed by atoms with E-state index in [1.165, 1.54) is 0 Å². The summed E-state index contributed by atoms with van der Waals surface area (Å²) in [6.45, 7) is 2.50. The fourth-order valence-electron chi connectivity index (χ4n) is 3.15. The first-order valence-corrected chi connectivity index (χ1v) is 8.65. The molecule has 3 N–H and O–H groups in total. The van der Waals surface area contributed by atoms with Gasteiger partial charge in [0.2, 0.25) is 0 Å². The summed E-state index contributed by atoms with van der Waals surface area (Å²) >= 11 is 0. The van der Waals surface area contributed by atoms with Crippen molar-refractivity contribution in [3.8, 4) is 0 Å². The van der Waals surface area contributed by atoms with Crippen molar-refractivity contribution >= 4 is 22.9 Å². The Hall–Kier alpha value is -2.70. The number of anilines is 2. The summed E-state index contributed by atoms with van der Waals surface area (Å²) in [4.78, 5) is 26.3. The van der Waals surface area contributed by atoms with E-state index in [9.17, 15) is 9.59 Å². The zero-order valence-corrected chi connectivity index (χ0v) is 15.0. The molecule has 1 aliphatic rings. The summed E-state index contributed by atoms with van der Waals surface area (Å²) in [6.07, 6.45) is 0. The number of methoxy groups -OCH3 is 1. The number of carbonyl (C=O) groups excluding carboxylic acids is 2. The molecule has 0 bridgehead atoms. The van der Waals surface area contributed by atoms with Crippen molar-refractivity contribution in [1.29, 1.82) is 0 Å². The molecular weight excluding hydrogens is 330 g/mol. The van der Waals surface area contributed by atoms with Crippen molar-refractivity contribution < 1.29 is 14.3 Å². The molecule has 0 spiro atoms. The molecule has 0 radical (unpaired) electrons. The number of likely N-dealkylation sites (N-methyl/N-ethyl adjacent to an activating group) is 1. The molecule has 0 saturated carbocycles. The van der Waals surface area contributed by atoms with Crippen LogP contribution in [-0.2, 0) is 4.74 Å². The van der Waals surface area contributed by atoms with Gasteiger partial charge in [-0.3, -0.25) is 9.59 Å². The molecule has 3 rings (SSSR count). The zero-order valence-electron chi connectivity index (χ0n) is 15.0. The highest BCUT2D eigenvalue weighted by Crippen LogP contribution is 2.35. The quantitative estimate of drug-likeness (QED) is 0.539. The topological polar surface area (TPSA) is 79.5 Å². The second-order valence-corrected chi connectivity index (χ2v) is 6.06. The average Bonchev–Trinajstić information content (AvgIpc) is 2.66. The van der Waals surface area contributed by atoms with Gasteiger partial charge in [-0.25, -0.2) is 0 Å². The lowest BCUT2D eigenvalue weighted by Crippen LogP contribution is -2.25. The van der Waals surface area contributed by atoms with Crippen molar-refractivity contribution in [2.75, 3.05) is 51.0 Å². The second kappa shape index (κ2) is 8.12. The van der Waals surface area contributed by atoms with Gasteiger partial charge in [0.05, 0.1) is 17.7 Å². The number of hydrogen-bond donors (Lipinski definition) is 3. The first kappa shape index (κ1) is 18.1. The molecule has 2 aromatic carbocycles. The molecule has 2 aromatic rings. The predicted molar refractivity (Wildman–Crippen MR) is 103 cm³/mol. The number of rotatable bonds is 8. The Kier molecular flexibility index (Phi) is 5.65. The van der Waals surface area contributed by atoms with Gasteiger partial charge in [0.1, 0.15) is 0 Å². The van der Waals surface area contributed by atoms with E-state index in [1.54, 1.807) is 31.4 Å². The average molecular weight is 353 g/mol. The summed E-state index contributed by atoms with van der Waals surface area (Å²) in [5, 5.41) is 9.49. The van der Waals surface area contributed by atoms with E-state index >= 15 is 0 Å². The highest BCUT2D eigenvalue weighted by atomic mass is 16.5. The minimum absolute atomic E-state index is 0.127. The van der Waals surface area contributed by atoms with Gasteiger partial charge in [0, 0.05) is 49.2 Å². The number of benzene rings is 2. The maximum atomic E-state index is 13.1. The lowest BCUT2D eigenvalue weighted by Gasteiger charge is -2.23. The van der Waals surface area contributed by atoms with Gasteiger partial charge >= 0.3 is 0 Å². The van der Waals surface area contributed by atoms with Crippen LogP contribution in [0, 0.1) is 0 Å². The normalized spacial score (nSPS) is 12.5. The summed E-state index contributed by atoms with van der Waals surface area (Å²) in [6, 6.07) is 10.7. The molecule has 136 valence electrons. The van der Waals surface area contributed by atoms with E-state index in [4.69, 9.17) is 4.74 Å². The van der Waals surface area contributed by atoms with E-state index in [0.29, 0.717) is 53.3 Å². The summed E-state index contributed by atoms with van der Waals surface area (Å²) in [5.41, 5.74) is 3.13. The van der Waals surface area contributed by atoms with Crippen molar-refractivity contribution in [2.24, 2.45) is 0 Å². The smallest absolute Gasteiger partial charge is 0.196 e. The van der Waals surface area contributed by atoms with Crippen LogP contribution in [0.5, 0.6) is 0 Å². The molecule has 0 heterocycles. The van der Waals surface area contributed by atoms with Crippen LogP contribution in [0.4, 0.5) is 11.4 Å². The fraction of sp³-hybridized carbons (Fsp3) is 0.300. The van der Waals surface area contributed by atoms with E-state index in [2.05, 4.69) is 16.0 Å². The molecule has 0 aromatic heterocycles. The zero-order chi connectivity index (χ0) is 18.5. The van der Waals surface area contributed by atoms with Crippen LogP contribution < -0.4 is 16.0 Å². The highest BCUT2D eigenvalue weighted by Gasteiger charge is 2.33. The number of hydrogen-bond acceptors (Lipinski definition) is 6. The minimum atomic E-state index is -0.132. The molecule has 0 saturated heterocycles. The van der Waals surface area contributed by atoms with Crippen molar-refractivity contribution in [3.05, 3.63) is 58.7 Å². The maximum Gasteiger partial charge on any atom is 0.196 e. The molecule has 0 atom stereocenters. The van der Waals surface area contributed by atoms with Crippen molar-refractivity contribution in [2.45, 2.75) is 0 Å². The molecule has 0 fully saturated rings. The van der Waals surface area contributed by atoms with Gasteiger partial charge in [-0.2, -0.15) is 0 Å². The van der Waals surface area contributed by atoms with Crippen LogP contribution >= 0.6 is 0 Å². The van der Waals surface area contributed by atoms with Gasteiger partial charge in [-0.05, 0) is 19.2 Å². The molecule has 0 amide bonds. The van der Waals surface area contributed by atoms with Crippen LogP contribution in [0.3, 0.4) is 0 Å². The SMILES string of the molecule is CNCCNc1cccc2c1C(=O)c1cccc(NCCOC)c1C2=O. The highest BCUT2D eigenvalue weighted by molar-refractivity contribution is 6.31. The van der Waals surface area contributed by atoms with Gasteiger partial charge in [0.15, 0.2) is 11.6 Å². The lowest BCUT2D eigenvalue weighted by molar-refractivity contribution is 0.0980. The summed E-state index contributed by atoms with van der Waals surface area (Å²) in [5.74, 6) is -0.259. The molecule has 0 unspecified atom stereocenters. The third-order valence-corrected chi connectivity index (χ3v) is 4.38. The van der Waals surface area contributed by atoms with E-state index in [0.717, 1.165) is 6.54 Å². The van der Waals surface area contributed by atoms with E-state index < -0.39 is 0 Å². The standard InChI is InChI=1S/C20H23N3O3/c1-21-9-10-22-15-7-3-5-13-17(15)19(24)14-6-4-8-16(18(14)20(13)25)23-11-12-26-2/h3-8,21-23H,9-12H2,1-2H3. The number of fused-ring (bicyclic) bond motifs is 2. The fourth-order valence-corrected chi connectivity index (χ4v) is 3.15. The van der Waals surface area contributed by atoms with Gasteiger partial charge < -0.3 is 20.7 Å². The van der Waals surface area contributed by atoms with Crippen LogP contribution in [0.25, 0.3) is 0 Å². The Morgan fingerprint density at radius 1 is 0.808 bits per heavy atom. The number of nitrogens with one attached hydrogen (secondary N) is 3. The molecular formula is C20H23N3O3. The van der Waals surface area contributed by atoms with Gasteiger partial charge in [-0.15, -0.1) is 0 Å². The Morgan fingerprint density at radius 3 is 1.85 bits per heavy atom. The molecule has 6 nitrogen and oxygen atoms in total. The first-order chi connectivity index (χ1) is 12.7. The predicted octanol–water partition coefficient (Wildman–Crippen LogP) is 2.15. The molecule has 6 heteroatoms. The summed E-state index contributed by atoms with van der Waals surface area (Å²) < 4.78 is 5.05. The van der Waals surface area contributed by atoms with Crippen LogP contribution in [0.2, 0.25) is 0 Å². The Balaban J connectivity index is 2.00. The third-order valence-electron chi connectivity index (χ3n) is 4.38. The molecule has 0 aliphatic heterocycles. The van der Waals surface area contributed by atoms with Crippen LogP contribution in [-0.4, -0.2) is 52.0 Å². The van der Waals surface area contributed by atoms with E-state index in [1.807, 2.05) is 19.2 Å². The largest absolute Gasteiger partial charge is 0.383 e. The maximum absolute atomic E-state index is 13.1. The molecule has 1 aliphatic carbocycles. The van der Waals surface area contributed by atoms with Crippen LogP contribution in [0.1, 0.15) is 31.8 Å². The number of carbonyl (C=O) groups is 2. The monoisotopic (exact) mass is 353 g/mol. The number of ether oxygens (including phenoxy) is 1. The second-order valence-electron chi connectivity index (χ2n) is 6.06. The Morgan fingerprint density at radius 2 is 1.35 bits per heavy atom. The Labute approximate surface area is 152 Å². The minimum Gasteiger partial charge on any atom is -0.383 e. The van der Waals surface area contributed by atoms with Crippen LogP contribution in [0.15, 0.2) is 36.4 Å².